The summed E-state index contributed by atoms with van der Waals surface area (Å²) >= 11 is 6.10. The Bertz CT molecular complexity index is 377. The molecule has 2 atom stereocenters. The molecular formula is C12H21ClN2O3. The Balaban J connectivity index is 3.03. The van der Waals surface area contributed by atoms with E-state index in [-0.39, 0.29) is 0 Å². The average molecular weight is 277 g/mol. The standard InChI is InChI=1S/C12H21ClN2O3/c1-5-12(2,18-4)11(16)10-9(13)8-14-15(10)6-7-17-3/h8,11,16H,5-7H2,1-4H3. The number of aliphatic hydroxyl groups is 1. The fourth-order valence-corrected chi connectivity index (χ4v) is 1.98. The number of ether oxygens (including phenoxy) is 2. The zero-order valence-corrected chi connectivity index (χ0v) is 12.1. The van der Waals surface area contributed by atoms with Crippen molar-refractivity contribution in [2.75, 3.05) is 20.8 Å². The number of aromatic nitrogens is 2. The molecule has 104 valence electrons. The van der Waals surface area contributed by atoms with Gasteiger partial charge in [0.15, 0.2) is 0 Å². The van der Waals surface area contributed by atoms with Gasteiger partial charge in [0.05, 0.1) is 35.7 Å². The highest BCUT2D eigenvalue weighted by Gasteiger charge is 2.36. The summed E-state index contributed by atoms with van der Waals surface area (Å²) in [5.74, 6) is 0. The summed E-state index contributed by atoms with van der Waals surface area (Å²) in [6, 6.07) is 0. The minimum atomic E-state index is -0.834. The highest BCUT2D eigenvalue weighted by molar-refractivity contribution is 6.31. The molecular weight excluding hydrogens is 256 g/mol. The van der Waals surface area contributed by atoms with Crippen LogP contribution in [0.2, 0.25) is 5.02 Å². The van der Waals surface area contributed by atoms with Crippen LogP contribution in [-0.4, -0.2) is 41.3 Å². The molecule has 0 saturated carbocycles. The van der Waals surface area contributed by atoms with E-state index in [1.807, 2.05) is 13.8 Å². The van der Waals surface area contributed by atoms with Crippen LogP contribution in [0, 0.1) is 0 Å². The second-order valence-corrected chi connectivity index (χ2v) is 4.77. The predicted molar refractivity (Wildman–Crippen MR) is 69.8 cm³/mol. The molecule has 1 heterocycles. The molecule has 6 heteroatoms. The maximum absolute atomic E-state index is 10.5. The minimum Gasteiger partial charge on any atom is -0.384 e. The summed E-state index contributed by atoms with van der Waals surface area (Å²) in [5, 5.41) is 15.1. The lowest BCUT2D eigenvalue weighted by molar-refractivity contribution is -0.0976. The van der Waals surface area contributed by atoms with E-state index in [4.69, 9.17) is 21.1 Å². The van der Waals surface area contributed by atoms with Crippen molar-refractivity contribution in [2.24, 2.45) is 0 Å². The molecule has 0 aromatic carbocycles. The van der Waals surface area contributed by atoms with Gasteiger partial charge in [0.25, 0.3) is 0 Å². The van der Waals surface area contributed by atoms with Crippen LogP contribution in [0.15, 0.2) is 6.20 Å². The first-order valence-corrected chi connectivity index (χ1v) is 6.31. The van der Waals surface area contributed by atoms with Crippen molar-refractivity contribution in [3.05, 3.63) is 16.9 Å². The monoisotopic (exact) mass is 276 g/mol. The third-order valence-electron chi connectivity index (χ3n) is 3.35. The van der Waals surface area contributed by atoms with Crippen molar-refractivity contribution in [2.45, 2.75) is 38.5 Å². The van der Waals surface area contributed by atoms with E-state index in [9.17, 15) is 5.11 Å². The molecule has 0 aliphatic rings. The largest absolute Gasteiger partial charge is 0.384 e. The van der Waals surface area contributed by atoms with Crippen molar-refractivity contribution in [3.8, 4) is 0 Å². The van der Waals surface area contributed by atoms with Crippen molar-refractivity contribution in [1.82, 2.24) is 9.78 Å². The molecule has 0 amide bonds. The van der Waals surface area contributed by atoms with Gasteiger partial charge in [0, 0.05) is 14.2 Å². The first kappa shape index (κ1) is 15.4. The molecule has 0 aliphatic heterocycles. The number of hydrogen-bond acceptors (Lipinski definition) is 4. The minimum absolute atomic E-state index is 0.440. The highest BCUT2D eigenvalue weighted by atomic mass is 35.5. The van der Waals surface area contributed by atoms with E-state index in [0.29, 0.717) is 30.3 Å². The number of hydrogen-bond donors (Lipinski definition) is 1. The molecule has 2 unspecified atom stereocenters. The number of nitrogens with zero attached hydrogens (tertiary/aromatic N) is 2. The number of aliphatic hydroxyl groups excluding tert-OH is 1. The lowest BCUT2D eigenvalue weighted by Crippen LogP contribution is -2.36. The smallest absolute Gasteiger partial charge is 0.126 e. The Morgan fingerprint density at radius 2 is 2.22 bits per heavy atom. The van der Waals surface area contributed by atoms with E-state index in [0.717, 1.165) is 0 Å². The summed E-state index contributed by atoms with van der Waals surface area (Å²) in [7, 11) is 3.20. The van der Waals surface area contributed by atoms with E-state index in [2.05, 4.69) is 5.10 Å². The molecule has 0 saturated heterocycles. The van der Waals surface area contributed by atoms with Gasteiger partial charge in [-0.25, -0.2) is 0 Å². The normalized spacial score (nSPS) is 16.6. The van der Waals surface area contributed by atoms with Crippen LogP contribution in [0.5, 0.6) is 0 Å². The van der Waals surface area contributed by atoms with Crippen molar-refractivity contribution in [1.29, 1.82) is 0 Å². The van der Waals surface area contributed by atoms with E-state index >= 15 is 0 Å². The molecule has 1 aromatic rings. The molecule has 0 aliphatic carbocycles. The van der Waals surface area contributed by atoms with Gasteiger partial charge in [-0.3, -0.25) is 4.68 Å². The zero-order chi connectivity index (χ0) is 13.8. The van der Waals surface area contributed by atoms with E-state index in [1.54, 1.807) is 18.9 Å². The maximum atomic E-state index is 10.5. The van der Waals surface area contributed by atoms with Gasteiger partial charge >= 0.3 is 0 Å². The average Bonchev–Trinajstić information content (AvgIpc) is 2.75. The third-order valence-corrected chi connectivity index (χ3v) is 3.64. The lowest BCUT2D eigenvalue weighted by atomic mass is 9.93. The summed E-state index contributed by atoms with van der Waals surface area (Å²) in [5.41, 5.74) is -0.117. The summed E-state index contributed by atoms with van der Waals surface area (Å²) < 4.78 is 12.1. The summed E-state index contributed by atoms with van der Waals surface area (Å²) in [6.45, 7) is 4.85. The Kier molecular flexibility index (Phi) is 5.59. The van der Waals surface area contributed by atoms with Crippen LogP contribution in [0.1, 0.15) is 32.1 Å². The third kappa shape index (κ3) is 3.03. The number of rotatable bonds is 7. The van der Waals surface area contributed by atoms with Crippen LogP contribution in [-0.2, 0) is 16.0 Å². The summed E-state index contributed by atoms with van der Waals surface area (Å²) in [4.78, 5) is 0. The van der Waals surface area contributed by atoms with Crippen LogP contribution in [0.3, 0.4) is 0 Å². The molecule has 0 radical (unpaired) electrons. The SMILES string of the molecule is CCC(C)(OC)C(O)c1c(Cl)cnn1CCOC. The van der Waals surface area contributed by atoms with Crippen LogP contribution in [0.25, 0.3) is 0 Å². The molecule has 1 N–H and O–H groups in total. The first-order chi connectivity index (χ1) is 8.50. The van der Waals surface area contributed by atoms with Crippen molar-refractivity contribution < 1.29 is 14.6 Å². The quantitative estimate of drug-likeness (QED) is 0.828. The second-order valence-electron chi connectivity index (χ2n) is 4.37. The van der Waals surface area contributed by atoms with Gasteiger partial charge in [-0.1, -0.05) is 18.5 Å². The lowest BCUT2D eigenvalue weighted by Gasteiger charge is -2.32. The number of methoxy groups -OCH3 is 2. The van der Waals surface area contributed by atoms with E-state index < -0.39 is 11.7 Å². The maximum Gasteiger partial charge on any atom is 0.126 e. The molecule has 0 spiro atoms. The van der Waals surface area contributed by atoms with Crippen molar-refractivity contribution >= 4 is 11.6 Å². The fourth-order valence-electron chi connectivity index (χ4n) is 1.74. The first-order valence-electron chi connectivity index (χ1n) is 5.93. The van der Waals surface area contributed by atoms with Gasteiger partial charge in [-0.2, -0.15) is 5.10 Å². The predicted octanol–water partition coefficient (Wildman–Crippen LogP) is 2.03. The Morgan fingerprint density at radius 3 is 2.72 bits per heavy atom. The number of halogens is 1. The molecule has 0 bridgehead atoms. The zero-order valence-electron chi connectivity index (χ0n) is 11.3. The van der Waals surface area contributed by atoms with E-state index in [1.165, 1.54) is 6.20 Å². The molecule has 18 heavy (non-hydrogen) atoms. The fraction of sp³-hybridized carbons (Fsp3) is 0.750. The molecule has 1 rings (SSSR count). The van der Waals surface area contributed by atoms with Crippen LogP contribution >= 0.6 is 11.6 Å². The Morgan fingerprint density at radius 1 is 1.56 bits per heavy atom. The van der Waals surface area contributed by atoms with Gasteiger partial charge < -0.3 is 14.6 Å². The Labute approximate surface area is 113 Å². The Hall–Kier alpha value is -0.620. The second kappa shape index (κ2) is 6.52. The van der Waals surface area contributed by atoms with Gasteiger partial charge in [0.2, 0.25) is 0 Å². The summed E-state index contributed by atoms with van der Waals surface area (Å²) in [6.07, 6.45) is 1.36. The highest BCUT2D eigenvalue weighted by Crippen LogP contribution is 2.34. The molecule has 0 fully saturated rings. The molecule has 5 nitrogen and oxygen atoms in total. The van der Waals surface area contributed by atoms with Gasteiger partial charge in [-0.15, -0.1) is 0 Å². The van der Waals surface area contributed by atoms with Crippen molar-refractivity contribution in [3.63, 3.8) is 0 Å². The van der Waals surface area contributed by atoms with Gasteiger partial charge in [0.1, 0.15) is 6.10 Å². The topological polar surface area (TPSA) is 56.5 Å². The molecule has 1 aromatic heterocycles. The van der Waals surface area contributed by atoms with Crippen LogP contribution < -0.4 is 0 Å². The van der Waals surface area contributed by atoms with Crippen LogP contribution in [0.4, 0.5) is 0 Å². The van der Waals surface area contributed by atoms with Gasteiger partial charge in [-0.05, 0) is 13.3 Å².